The number of benzene rings is 1. The number of hydrogen-bond donors (Lipinski definition) is 1. The number of carbonyl (C=O) groups is 1. The minimum Gasteiger partial charge on any atom is -0.297 e. The van der Waals surface area contributed by atoms with Gasteiger partial charge < -0.3 is 0 Å². The van der Waals surface area contributed by atoms with Gasteiger partial charge in [0.1, 0.15) is 0 Å². The van der Waals surface area contributed by atoms with Gasteiger partial charge in [0.2, 0.25) is 0 Å². The lowest BCUT2D eigenvalue weighted by molar-refractivity contribution is -0.123. The molecule has 0 saturated heterocycles. The summed E-state index contributed by atoms with van der Waals surface area (Å²) < 4.78 is 3.48. The van der Waals surface area contributed by atoms with Crippen molar-refractivity contribution in [3.8, 4) is 22.6 Å². The molecule has 9 heteroatoms. The van der Waals surface area contributed by atoms with Crippen molar-refractivity contribution in [3.63, 3.8) is 0 Å². The van der Waals surface area contributed by atoms with Gasteiger partial charge in [0, 0.05) is 35.6 Å². The highest BCUT2D eigenvalue weighted by Crippen LogP contribution is 2.28. The van der Waals surface area contributed by atoms with E-state index in [-0.39, 0.29) is 17.5 Å². The Hall–Kier alpha value is -3.88. The summed E-state index contributed by atoms with van der Waals surface area (Å²) in [6.07, 6.45) is 9.76. The molecular formula is C26H29N7O2. The largest absolute Gasteiger partial charge is 0.329 e. The van der Waals surface area contributed by atoms with Crippen molar-refractivity contribution in [1.29, 1.82) is 0 Å². The van der Waals surface area contributed by atoms with Crippen LogP contribution in [0.3, 0.4) is 0 Å². The summed E-state index contributed by atoms with van der Waals surface area (Å²) in [5.74, 6) is 0.751. The number of H-pyrrole nitrogens is 1. The molecule has 1 aliphatic carbocycles. The van der Waals surface area contributed by atoms with Crippen LogP contribution in [0.2, 0.25) is 0 Å². The molecule has 9 nitrogen and oxygen atoms in total. The Morgan fingerprint density at radius 2 is 1.94 bits per heavy atom. The predicted octanol–water partition coefficient (Wildman–Crippen LogP) is 3.97. The Morgan fingerprint density at radius 1 is 1.09 bits per heavy atom. The second-order valence-corrected chi connectivity index (χ2v) is 9.07. The topological polar surface area (TPSA) is 111 Å². The summed E-state index contributed by atoms with van der Waals surface area (Å²) in [7, 11) is 0. The highest BCUT2D eigenvalue weighted by atomic mass is 16.2. The van der Waals surface area contributed by atoms with Crippen molar-refractivity contribution in [1.82, 2.24) is 34.7 Å². The third kappa shape index (κ3) is 4.71. The minimum absolute atomic E-state index is 0.108. The quantitative estimate of drug-likeness (QED) is 0.416. The lowest BCUT2D eigenvalue weighted by Crippen LogP contribution is -2.33. The monoisotopic (exact) mass is 471 g/mol. The van der Waals surface area contributed by atoms with Crippen molar-refractivity contribution < 1.29 is 4.79 Å². The van der Waals surface area contributed by atoms with Crippen LogP contribution in [0.4, 0.5) is 0 Å². The number of carbonyl (C=O) groups excluding carboxylic acids is 1. The first-order chi connectivity index (χ1) is 17.2. The number of pyridine rings is 1. The predicted molar refractivity (Wildman–Crippen MR) is 132 cm³/mol. The normalized spacial score (nSPS) is 16.0. The zero-order valence-corrected chi connectivity index (χ0v) is 19.9. The minimum atomic E-state index is -0.333. The zero-order valence-electron chi connectivity index (χ0n) is 19.9. The lowest BCUT2D eigenvalue weighted by Gasteiger charge is -2.20. The van der Waals surface area contributed by atoms with E-state index in [0.29, 0.717) is 18.8 Å². The van der Waals surface area contributed by atoms with Crippen LogP contribution in [-0.4, -0.2) is 40.5 Å². The van der Waals surface area contributed by atoms with Crippen LogP contribution >= 0.6 is 0 Å². The van der Waals surface area contributed by atoms with Crippen LogP contribution in [0.25, 0.3) is 22.6 Å². The maximum absolute atomic E-state index is 13.4. The van der Waals surface area contributed by atoms with Crippen LogP contribution in [0.5, 0.6) is 0 Å². The fourth-order valence-corrected chi connectivity index (χ4v) is 4.80. The maximum atomic E-state index is 13.4. The number of Topliss-reactive ketones (excluding diaryl/α,β-unsaturated/α-hetero) is 1. The standard InChI is InChI=1S/C26H29N7O2/c1-2-3-8-19-17-33(23-11-6-7-12-24(23)34)26(35)32(19)16-18-13-14-22(27-15-18)20-9-4-5-10-21(20)25-28-30-31-29-25/h4-5,9-10,13-15,17,23H,2-3,6-8,11-12,16H2,1H3,(H,28,29,30,31). The number of hydrogen-bond acceptors (Lipinski definition) is 6. The van der Waals surface area contributed by atoms with Gasteiger partial charge in [-0.05, 0) is 47.7 Å². The molecule has 0 amide bonds. The van der Waals surface area contributed by atoms with Crippen LogP contribution in [0, 0.1) is 0 Å². The number of imidazole rings is 1. The third-order valence-electron chi connectivity index (χ3n) is 6.70. The molecule has 0 spiro atoms. The summed E-state index contributed by atoms with van der Waals surface area (Å²) in [6.45, 7) is 2.56. The van der Waals surface area contributed by atoms with Gasteiger partial charge >= 0.3 is 5.69 Å². The third-order valence-corrected chi connectivity index (χ3v) is 6.70. The number of aryl methyl sites for hydroxylation is 1. The first-order valence-electron chi connectivity index (χ1n) is 12.3. The molecule has 180 valence electrons. The number of aromatic nitrogens is 7. The number of rotatable bonds is 8. The zero-order chi connectivity index (χ0) is 24.2. The first-order valence-corrected chi connectivity index (χ1v) is 12.3. The summed E-state index contributed by atoms with van der Waals surface area (Å²) in [5.41, 5.74) is 4.38. The van der Waals surface area contributed by atoms with Gasteiger partial charge in [0.05, 0.1) is 18.3 Å². The fourth-order valence-electron chi connectivity index (χ4n) is 4.80. The first kappa shape index (κ1) is 22.9. The molecule has 1 saturated carbocycles. The summed E-state index contributed by atoms with van der Waals surface area (Å²) in [5, 5.41) is 14.2. The van der Waals surface area contributed by atoms with Crippen molar-refractivity contribution in [2.24, 2.45) is 0 Å². The number of nitrogens with zero attached hydrogens (tertiary/aromatic N) is 6. The average molecular weight is 472 g/mol. The number of unbranched alkanes of at least 4 members (excludes halogenated alkanes) is 1. The van der Waals surface area contributed by atoms with Gasteiger partial charge in [-0.15, -0.1) is 5.10 Å². The number of aromatic amines is 1. The Bertz CT molecular complexity index is 1350. The smallest absolute Gasteiger partial charge is 0.297 e. The van der Waals surface area contributed by atoms with E-state index in [2.05, 4.69) is 32.5 Å². The summed E-state index contributed by atoms with van der Waals surface area (Å²) in [6, 6.07) is 11.4. The second kappa shape index (κ2) is 10.2. The van der Waals surface area contributed by atoms with Crippen LogP contribution < -0.4 is 5.69 Å². The molecule has 1 unspecified atom stereocenters. The van der Waals surface area contributed by atoms with Gasteiger partial charge in [0.15, 0.2) is 11.6 Å². The molecule has 1 aromatic carbocycles. The SMILES string of the molecule is CCCCc1cn(C2CCCCC2=O)c(=O)n1Cc1ccc(-c2ccccc2-c2nnn[nH]2)nc1. The lowest BCUT2D eigenvalue weighted by atomic mass is 9.94. The van der Waals surface area contributed by atoms with Crippen molar-refractivity contribution in [2.75, 3.05) is 0 Å². The molecule has 3 heterocycles. The van der Waals surface area contributed by atoms with Crippen LogP contribution in [0.1, 0.15) is 62.7 Å². The Kier molecular flexibility index (Phi) is 6.65. The molecule has 0 aliphatic heterocycles. The molecule has 1 aliphatic rings. The summed E-state index contributed by atoms with van der Waals surface area (Å²) >= 11 is 0. The van der Waals surface area contributed by atoms with E-state index in [1.54, 1.807) is 4.57 Å². The maximum Gasteiger partial charge on any atom is 0.329 e. The molecule has 4 aromatic rings. The average Bonchev–Trinajstić information content (AvgIpc) is 3.53. The number of ketones is 1. The van der Waals surface area contributed by atoms with Gasteiger partial charge in [-0.2, -0.15) is 0 Å². The molecule has 0 radical (unpaired) electrons. The molecule has 0 bridgehead atoms. The molecule has 1 N–H and O–H groups in total. The molecule has 3 aromatic heterocycles. The van der Waals surface area contributed by atoms with Crippen molar-refractivity contribution in [2.45, 2.75) is 64.5 Å². The Labute approximate surface area is 203 Å². The van der Waals surface area contributed by atoms with E-state index in [0.717, 1.165) is 66.6 Å². The Balaban J connectivity index is 1.44. The van der Waals surface area contributed by atoms with E-state index >= 15 is 0 Å². The molecule has 1 fully saturated rings. The molecule has 35 heavy (non-hydrogen) atoms. The Morgan fingerprint density at radius 3 is 2.66 bits per heavy atom. The van der Waals surface area contributed by atoms with Crippen molar-refractivity contribution in [3.05, 3.63) is 70.5 Å². The van der Waals surface area contributed by atoms with Gasteiger partial charge in [0.25, 0.3) is 0 Å². The van der Waals surface area contributed by atoms with E-state index in [1.807, 2.05) is 53.4 Å². The summed E-state index contributed by atoms with van der Waals surface area (Å²) in [4.78, 5) is 30.6. The van der Waals surface area contributed by atoms with Crippen LogP contribution in [-0.2, 0) is 17.8 Å². The van der Waals surface area contributed by atoms with E-state index in [4.69, 9.17) is 0 Å². The van der Waals surface area contributed by atoms with E-state index < -0.39 is 0 Å². The highest BCUT2D eigenvalue weighted by molar-refractivity contribution is 5.83. The van der Waals surface area contributed by atoms with E-state index in [1.165, 1.54) is 0 Å². The van der Waals surface area contributed by atoms with Crippen molar-refractivity contribution >= 4 is 5.78 Å². The molecular weight excluding hydrogens is 442 g/mol. The number of nitrogens with one attached hydrogen (secondary N) is 1. The van der Waals surface area contributed by atoms with Crippen LogP contribution in [0.15, 0.2) is 53.6 Å². The fraction of sp³-hybridized carbons (Fsp3) is 0.385. The highest BCUT2D eigenvalue weighted by Gasteiger charge is 2.27. The molecule has 1 atom stereocenters. The van der Waals surface area contributed by atoms with E-state index in [9.17, 15) is 9.59 Å². The van der Waals surface area contributed by atoms with Gasteiger partial charge in [-0.25, -0.2) is 9.89 Å². The van der Waals surface area contributed by atoms with Gasteiger partial charge in [-0.1, -0.05) is 50.1 Å². The second-order valence-electron chi connectivity index (χ2n) is 9.07. The number of tetrazole rings is 1. The van der Waals surface area contributed by atoms with Gasteiger partial charge in [-0.3, -0.25) is 18.9 Å². The molecule has 5 rings (SSSR count).